The summed E-state index contributed by atoms with van der Waals surface area (Å²) in [4.78, 5) is 15.9. The Hall–Kier alpha value is -1.07. The van der Waals surface area contributed by atoms with E-state index in [0.717, 1.165) is 25.7 Å². The highest BCUT2D eigenvalue weighted by atomic mass is 35.5. The molecule has 94 valence electrons. The van der Waals surface area contributed by atoms with Gasteiger partial charge in [0, 0.05) is 13.2 Å². The minimum Gasteiger partial charge on any atom is -0.392 e. The number of ether oxygens (including phenoxy) is 1. The van der Waals surface area contributed by atoms with Gasteiger partial charge in [-0.05, 0) is 25.7 Å². The monoisotopic (exact) mass is 257 g/mol. The Kier molecular flexibility index (Phi) is 3.69. The first kappa shape index (κ1) is 12.4. The van der Waals surface area contributed by atoms with Crippen molar-refractivity contribution in [2.24, 2.45) is 0 Å². The van der Waals surface area contributed by atoms with Crippen molar-refractivity contribution in [3.05, 3.63) is 21.8 Å². The Bertz CT molecular complexity index is 461. The van der Waals surface area contributed by atoms with E-state index < -0.39 is 0 Å². The predicted octanol–water partition coefficient (Wildman–Crippen LogP) is 1.61. The van der Waals surface area contributed by atoms with Crippen molar-refractivity contribution in [1.82, 2.24) is 9.55 Å². The van der Waals surface area contributed by atoms with E-state index in [1.54, 1.807) is 11.7 Å². The van der Waals surface area contributed by atoms with Crippen molar-refractivity contribution in [3.8, 4) is 0 Å². The van der Waals surface area contributed by atoms with Crippen molar-refractivity contribution >= 4 is 17.3 Å². The van der Waals surface area contributed by atoms with Gasteiger partial charge in [0.05, 0.1) is 12.4 Å². The largest absolute Gasteiger partial charge is 0.392 e. The predicted molar refractivity (Wildman–Crippen MR) is 66.2 cm³/mol. The maximum Gasteiger partial charge on any atom is 0.278 e. The van der Waals surface area contributed by atoms with Crippen LogP contribution in [-0.4, -0.2) is 22.8 Å². The molecule has 0 radical (unpaired) electrons. The summed E-state index contributed by atoms with van der Waals surface area (Å²) in [6.07, 6.45) is 5.53. The fourth-order valence-corrected chi connectivity index (χ4v) is 2.43. The lowest BCUT2D eigenvalue weighted by Gasteiger charge is -2.29. The Morgan fingerprint density at radius 3 is 3.06 bits per heavy atom. The van der Waals surface area contributed by atoms with E-state index in [0.29, 0.717) is 0 Å². The molecule has 17 heavy (non-hydrogen) atoms. The number of nitrogen functional groups attached to an aromatic ring is 1. The van der Waals surface area contributed by atoms with Crippen LogP contribution in [-0.2, 0) is 4.74 Å². The SMILES string of the molecule is COC1CCCC(n2cnc(Cl)c(N)c2=O)C1. The second-order valence-corrected chi connectivity index (χ2v) is 4.70. The maximum atomic E-state index is 12.0. The summed E-state index contributed by atoms with van der Waals surface area (Å²) in [6.45, 7) is 0. The van der Waals surface area contributed by atoms with Crippen LogP contribution in [0.4, 0.5) is 5.69 Å². The van der Waals surface area contributed by atoms with Crippen LogP contribution in [0.1, 0.15) is 31.7 Å². The highest BCUT2D eigenvalue weighted by Gasteiger charge is 2.24. The van der Waals surface area contributed by atoms with E-state index in [4.69, 9.17) is 22.1 Å². The molecule has 2 N–H and O–H groups in total. The summed E-state index contributed by atoms with van der Waals surface area (Å²) in [5.41, 5.74) is 5.36. The third-order valence-electron chi connectivity index (χ3n) is 3.31. The third kappa shape index (κ3) is 2.45. The Morgan fingerprint density at radius 2 is 2.35 bits per heavy atom. The molecule has 1 fully saturated rings. The zero-order valence-electron chi connectivity index (χ0n) is 9.73. The van der Waals surface area contributed by atoms with Gasteiger partial charge in [0.15, 0.2) is 5.15 Å². The number of aromatic nitrogens is 2. The number of halogens is 1. The number of nitrogens with zero attached hydrogens (tertiary/aromatic N) is 2. The lowest BCUT2D eigenvalue weighted by atomic mass is 9.92. The molecule has 1 heterocycles. The second-order valence-electron chi connectivity index (χ2n) is 4.34. The van der Waals surface area contributed by atoms with E-state index in [-0.39, 0.29) is 28.5 Å². The van der Waals surface area contributed by atoms with Crippen LogP contribution in [0.3, 0.4) is 0 Å². The van der Waals surface area contributed by atoms with Gasteiger partial charge in [0.25, 0.3) is 5.56 Å². The van der Waals surface area contributed by atoms with Crippen LogP contribution in [0.25, 0.3) is 0 Å². The van der Waals surface area contributed by atoms with Crippen LogP contribution < -0.4 is 11.3 Å². The Balaban J connectivity index is 2.28. The molecule has 0 saturated heterocycles. The van der Waals surface area contributed by atoms with Crippen molar-refractivity contribution in [1.29, 1.82) is 0 Å². The van der Waals surface area contributed by atoms with E-state index in [1.807, 2.05) is 0 Å². The summed E-state index contributed by atoms with van der Waals surface area (Å²) in [5.74, 6) is 0. The molecule has 5 nitrogen and oxygen atoms in total. The van der Waals surface area contributed by atoms with Gasteiger partial charge in [-0.2, -0.15) is 0 Å². The van der Waals surface area contributed by atoms with Crippen LogP contribution in [0.15, 0.2) is 11.1 Å². The minimum atomic E-state index is -0.258. The molecule has 2 unspecified atom stereocenters. The number of nitrogens with two attached hydrogens (primary N) is 1. The van der Waals surface area contributed by atoms with Crippen LogP contribution in [0.5, 0.6) is 0 Å². The van der Waals surface area contributed by atoms with Crippen molar-refractivity contribution < 1.29 is 4.74 Å². The van der Waals surface area contributed by atoms with Gasteiger partial charge in [-0.1, -0.05) is 11.6 Å². The summed E-state index contributed by atoms with van der Waals surface area (Å²) >= 11 is 5.71. The van der Waals surface area contributed by atoms with Crippen LogP contribution in [0, 0.1) is 0 Å². The molecule has 1 aliphatic carbocycles. The smallest absolute Gasteiger partial charge is 0.278 e. The molecule has 0 aliphatic heterocycles. The Labute approximate surface area is 105 Å². The van der Waals surface area contributed by atoms with Crippen molar-refractivity contribution in [2.45, 2.75) is 37.8 Å². The molecule has 1 aromatic rings. The van der Waals surface area contributed by atoms with Gasteiger partial charge >= 0.3 is 0 Å². The normalized spacial score (nSPS) is 24.8. The van der Waals surface area contributed by atoms with Crippen LogP contribution >= 0.6 is 11.6 Å². The molecular formula is C11H16ClN3O2. The molecule has 0 amide bonds. The van der Waals surface area contributed by atoms with Gasteiger partial charge in [0.2, 0.25) is 0 Å². The summed E-state index contributed by atoms with van der Waals surface area (Å²) in [5, 5.41) is 0.0744. The second kappa shape index (κ2) is 5.06. The lowest BCUT2D eigenvalue weighted by Crippen LogP contribution is -2.32. The summed E-state index contributed by atoms with van der Waals surface area (Å²) < 4.78 is 6.92. The number of hydrogen-bond acceptors (Lipinski definition) is 4. The number of hydrogen-bond donors (Lipinski definition) is 1. The van der Waals surface area contributed by atoms with Gasteiger partial charge in [-0.15, -0.1) is 0 Å². The lowest BCUT2D eigenvalue weighted by molar-refractivity contribution is 0.0523. The van der Waals surface area contributed by atoms with Gasteiger partial charge < -0.3 is 10.5 Å². The third-order valence-corrected chi connectivity index (χ3v) is 3.61. The standard InChI is InChI=1S/C11H16ClN3O2/c1-17-8-4-2-3-7(5-8)15-6-14-10(12)9(13)11(15)16/h6-8H,2-5,13H2,1H3. The highest BCUT2D eigenvalue weighted by molar-refractivity contribution is 6.31. The first-order valence-corrected chi connectivity index (χ1v) is 6.06. The molecule has 1 saturated carbocycles. The van der Waals surface area contributed by atoms with Gasteiger partial charge in [0.1, 0.15) is 5.69 Å². The first-order valence-electron chi connectivity index (χ1n) is 5.68. The average molecular weight is 258 g/mol. The quantitative estimate of drug-likeness (QED) is 0.817. The molecule has 2 rings (SSSR count). The molecule has 2 atom stereocenters. The molecule has 1 aliphatic rings. The highest BCUT2D eigenvalue weighted by Crippen LogP contribution is 2.29. The summed E-state index contributed by atoms with van der Waals surface area (Å²) in [6, 6.07) is 0.105. The van der Waals surface area contributed by atoms with Crippen molar-refractivity contribution in [2.75, 3.05) is 12.8 Å². The molecular weight excluding hydrogens is 242 g/mol. The molecule has 1 aromatic heterocycles. The minimum absolute atomic E-state index is 0.0220. The van der Waals surface area contributed by atoms with Gasteiger partial charge in [-0.3, -0.25) is 9.36 Å². The zero-order chi connectivity index (χ0) is 12.4. The first-order chi connectivity index (χ1) is 8.13. The number of methoxy groups -OCH3 is 1. The van der Waals surface area contributed by atoms with E-state index >= 15 is 0 Å². The molecule has 0 spiro atoms. The average Bonchev–Trinajstić information content (AvgIpc) is 2.36. The molecule has 0 bridgehead atoms. The van der Waals surface area contributed by atoms with Crippen LogP contribution in [0.2, 0.25) is 5.15 Å². The molecule has 6 heteroatoms. The van der Waals surface area contributed by atoms with Gasteiger partial charge in [-0.25, -0.2) is 4.98 Å². The zero-order valence-corrected chi connectivity index (χ0v) is 10.5. The topological polar surface area (TPSA) is 70.1 Å². The molecule has 0 aromatic carbocycles. The maximum absolute atomic E-state index is 12.0. The number of rotatable bonds is 2. The fraction of sp³-hybridized carbons (Fsp3) is 0.636. The van der Waals surface area contributed by atoms with E-state index in [2.05, 4.69) is 4.98 Å². The summed E-state index contributed by atoms with van der Waals surface area (Å²) in [7, 11) is 1.70. The number of anilines is 1. The fourth-order valence-electron chi connectivity index (χ4n) is 2.31. The Morgan fingerprint density at radius 1 is 1.59 bits per heavy atom. The van der Waals surface area contributed by atoms with E-state index in [1.165, 1.54) is 6.33 Å². The van der Waals surface area contributed by atoms with Crippen molar-refractivity contribution in [3.63, 3.8) is 0 Å². The van der Waals surface area contributed by atoms with E-state index in [9.17, 15) is 4.79 Å².